The van der Waals surface area contributed by atoms with Gasteiger partial charge < -0.3 is 15.0 Å². The lowest BCUT2D eigenvalue weighted by Gasteiger charge is -2.37. The summed E-state index contributed by atoms with van der Waals surface area (Å²) in [5.41, 5.74) is 0. The lowest BCUT2D eigenvalue weighted by atomic mass is 10.0. The molecule has 2 aliphatic rings. The molecular formula is C13H25N3O4S. The number of ether oxygens (including phenoxy) is 1. The van der Waals surface area contributed by atoms with Crippen LogP contribution >= 0.6 is 0 Å². The lowest BCUT2D eigenvalue weighted by molar-refractivity contribution is -0.136. The molecule has 0 spiro atoms. The minimum absolute atomic E-state index is 0.0515. The van der Waals surface area contributed by atoms with Gasteiger partial charge in [0.1, 0.15) is 0 Å². The average Bonchev–Trinajstić information content (AvgIpc) is 2.93. The van der Waals surface area contributed by atoms with Gasteiger partial charge in [0, 0.05) is 32.8 Å². The van der Waals surface area contributed by atoms with Gasteiger partial charge in [-0.1, -0.05) is 0 Å². The SMILES string of the molecule is COC1CNC(C(=O)N2CCCCC2CNS(C)(=O)=O)C1. The molecule has 1 amide bonds. The monoisotopic (exact) mass is 319 g/mol. The van der Waals surface area contributed by atoms with Crippen LogP contribution in [0.25, 0.3) is 0 Å². The zero-order valence-electron chi connectivity index (χ0n) is 12.7. The number of piperidine rings is 1. The van der Waals surface area contributed by atoms with Crippen molar-refractivity contribution in [3.63, 3.8) is 0 Å². The third kappa shape index (κ3) is 4.64. The zero-order valence-corrected chi connectivity index (χ0v) is 13.5. The van der Waals surface area contributed by atoms with Crippen LogP contribution in [-0.2, 0) is 19.6 Å². The Balaban J connectivity index is 1.96. The molecule has 2 N–H and O–H groups in total. The Bertz CT molecular complexity index is 468. The molecule has 21 heavy (non-hydrogen) atoms. The molecule has 3 unspecified atom stereocenters. The largest absolute Gasteiger partial charge is 0.380 e. The van der Waals surface area contributed by atoms with Gasteiger partial charge in [0.05, 0.1) is 18.4 Å². The van der Waals surface area contributed by atoms with Crippen LogP contribution in [0.5, 0.6) is 0 Å². The molecule has 0 saturated carbocycles. The van der Waals surface area contributed by atoms with Crippen molar-refractivity contribution in [2.45, 2.75) is 43.9 Å². The Hall–Kier alpha value is -0.700. The Morgan fingerprint density at radius 3 is 2.81 bits per heavy atom. The van der Waals surface area contributed by atoms with Gasteiger partial charge in [-0.05, 0) is 25.7 Å². The van der Waals surface area contributed by atoms with E-state index in [0.717, 1.165) is 25.5 Å². The normalized spacial score (nSPS) is 30.6. The van der Waals surface area contributed by atoms with Crippen LogP contribution in [0.3, 0.4) is 0 Å². The standard InChI is InChI=1S/C13H25N3O4S/c1-20-11-7-12(14-9-11)13(17)16-6-4-3-5-10(16)8-15-21(2,18)19/h10-12,14-15H,3-9H2,1-2H3. The van der Waals surface area contributed by atoms with E-state index in [9.17, 15) is 13.2 Å². The first kappa shape index (κ1) is 16.7. The molecule has 0 bridgehead atoms. The van der Waals surface area contributed by atoms with Gasteiger partial charge in [0.15, 0.2) is 0 Å². The first-order valence-electron chi connectivity index (χ1n) is 7.42. The summed E-state index contributed by atoms with van der Waals surface area (Å²) in [5, 5.41) is 3.19. The fourth-order valence-corrected chi connectivity index (χ4v) is 3.52. The number of carbonyl (C=O) groups excluding carboxylic acids is 1. The Morgan fingerprint density at radius 1 is 1.43 bits per heavy atom. The first-order valence-corrected chi connectivity index (χ1v) is 9.31. The molecule has 2 saturated heterocycles. The number of methoxy groups -OCH3 is 1. The van der Waals surface area contributed by atoms with Gasteiger partial charge in [-0.25, -0.2) is 13.1 Å². The van der Waals surface area contributed by atoms with E-state index in [1.165, 1.54) is 0 Å². The van der Waals surface area contributed by atoms with Crippen LogP contribution in [0, 0.1) is 0 Å². The number of sulfonamides is 1. The van der Waals surface area contributed by atoms with E-state index in [1.807, 2.05) is 4.90 Å². The zero-order chi connectivity index (χ0) is 15.5. The number of nitrogens with zero attached hydrogens (tertiary/aromatic N) is 1. The van der Waals surface area contributed by atoms with Crippen LogP contribution in [0.2, 0.25) is 0 Å². The van der Waals surface area contributed by atoms with Crippen molar-refractivity contribution in [2.24, 2.45) is 0 Å². The van der Waals surface area contributed by atoms with Crippen LogP contribution in [0.1, 0.15) is 25.7 Å². The van der Waals surface area contributed by atoms with Gasteiger partial charge in [-0.15, -0.1) is 0 Å². The molecule has 0 aromatic heterocycles. The van der Waals surface area contributed by atoms with Gasteiger partial charge in [0.2, 0.25) is 15.9 Å². The van der Waals surface area contributed by atoms with E-state index in [4.69, 9.17) is 4.74 Å². The van der Waals surface area contributed by atoms with Gasteiger partial charge in [0.25, 0.3) is 0 Å². The highest BCUT2D eigenvalue weighted by molar-refractivity contribution is 7.88. The number of hydrogen-bond donors (Lipinski definition) is 2. The molecule has 2 fully saturated rings. The second-order valence-electron chi connectivity index (χ2n) is 5.86. The van der Waals surface area contributed by atoms with Crippen molar-refractivity contribution in [1.82, 2.24) is 14.9 Å². The van der Waals surface area contributed by atoms with Crippen molar-refractivity contribution in [1.29, 1.82) is 0 Å². The number of carbonyl (C=O) groups is 1. The smallest absolute Gasteiger partial charge is 0.240 e. The summed E-state index contributed by atoms with van der Waals surface area (Å²) in [6, 6.07) is -0.266. The van der Waals surface area contributed by atoms with E-state index in [0.29, 0.717) is 26.1 Å². The highest BCUT2D eigenvalue weighted by atomic mass is 32.2. The van der Waals surface area contributed by atoms with E-state index in [-0.39, 0.29) is 24.1 Å². The van der Waals surface area contributed by atoms with Crippen molar-refractivity contribution in [3.8, 4) is 0 Å². The van der Waals surface area contributed by atoms with Crippen molar-refractivity contribution < 1.29 is 17.9 Å². The Morgan fingerprint density at radius 2 is 2.19 bits per heavy atom. The maximum absolute atomic E-state index is 12.6. The van der Waals surface area contributed by atoms with E-state index in [2.05, 4.69) is 10.0 Å². The molecule has 7 nitrogen and oxygen atoms in total. The van der Waals surface area contributed by atoms with Crippen LogP contribution in [-0.4, -0.2) is 70.4 Å². The molecule has 2 rings (SSSR count). The number of rotatable bonds is 5. The van der Waals surface area contributed by atoms with Crippen LogP contribution < -0.4 is 10.0 Å². The third-order valence-corrected chi connectivity index (χ3v) is 4.90. The molecule has 122 valence electrons. The van der Waals surface area contributed by atoms with Crippen molar-refractivity contribution >= 4 is 15.9 Å². The molecule has 0 aliphatic carbocycles. The summed E-state index contributed by atoms with van der Waals surface area (Å²) in [7, 11) is -1.58. The molecule has 2 heterocycles. The maximum atomic E-state index is 12.6. The molecular weight excluding hydrogens is 294 g/mol. The summed E-state index contributed by atoms with van der Waals surface area (Å²) in [6.45, 7) is 1.68. The minimum atomic E-state index is -3.23. The van der Waals surface area contributed by atoms with Crippen LogP contribution in [0.15, 0.2) is 0 Å². The molecule has 3 atom stereocenters. The van der Waals surface area contributed by atoms with Crippen molar-refractivity contribution in [2.75, 3.05) is 33.0 Å². The van der Waals surface area contributed by atoms with Gasteiger partial charge in [-0.3, -0.25) is 4.79 Å². The summed E-state index contributed by atoms with van der Waals surface area (Å²) >= 11 is 0. The second-order valence-corrected chi connectivity index (χ2v) is 7.69. The fraction of sp³-hybridized carbons (Fsp3) is 0.923. The maximum Gasteiger partial charge on any atom is 0.240 e. The Labute approximate surface area is 126 Å². The summed E-state index contributed by atoms with van der Waals surface area (Å²) in [4.78, 5) is 14.5. The molecule has 0 aromatic rings. The summed E-state index contributed by atoms with van der Waals surface area (Å²) < 4.78 is 30.3. The van der Waals surface area contributed by atoms with Gasteiger partial charge >= 0.3 is 0 Å². The highest BCUT2D eigenvalue weighted by Gasteiger charge is 2.36. The number of likely N-dealkylation sites (tertiary alicyclic amines) is 1. The quantitative estimate of drug-likeness (QED) is 0.699. The number of hydrogen-bond acceptors (Lipinski definition) is 5. The van der Waals surface area contributed by atoms with E-state index < -0.39 is 10.0 Å². The highest BCUT2D eigenvalue weighted by Crippen LogP contribution is 2.20. The fourth-order valence-electron chi connectivity index (χ4n) is 3.02. The van der Waals surface area contributed by atoms with E-state index in [1.54, 1.807) is 7.11 Å². The number of nitrogens with one attached hydrogen (secondary N) is 2. The summed E-state index contributed by atoms with van der Waals surface area (Å²) in [5.74, 6) is 0.0644. The average molecular weight is 319 g/mol. The number of amides is 1. The van der Waals surface area contributed by atoms with E-state index >= 15 is 0 Å². The third-order valence-electron chi connectivity index (χ3n) is 4.21. The van der Waals surface area contributed by atoms with Crippen LogP contribution in [0.4, 0.5) is 0 Å². The Kier molecular flexibility index (Phi) is 5.59. The summed E-state index contributed by atoms with van der Waals surface area (Å²) in [6.07, 6.45) is 4.74. The minimum Gasteiger partial charge on any atom is -0.380 e. The molecule has 2 aliphatic heterocycles. The first-order chi connectivity index (χ1) is 9.90. The molecule has 8 heteroatoms. The molecule has 0 radical (unpaired) electrons. The van der Waals surface area contributed by atoms with Crippen molar-refractivity contribution in [3.05, 3.63) is 0 Å². The topological polar surface area (TPSA) is 87.7 Å². The second kappa shape index (κ2) is 7.04. The molecule has 0 aromatic carbocycles. The predicted molar refractivity (Wildman–Crippen MR) is 79.4 cm³/mol. The van der Waals surface area contributed by atoms with Gasteiger partial charge in [-0.2, -0.15) is 0 Å². The predicted octanol–water partition coefficient (Wildman–Crippen LogP) is -0.706. The lowest BCUT2D eigenvalue weighted by Crippen LogP contribution is -2.53.